The highest BCUT2D eigenvalue weighted by Gasteiger charge is 2.28. The van der Waals surface area contributed by atoms with Crippen LogP contribution in [0.25, 0.3) is 6.08 Å². The first kappa shape index (κ1) is 23.1. The Morgan fingerprint density at radius 2 is 1.71 bits per heavy atom. The number of rotatable bonds is 9. The maximum atomic E-state index is 13.1. The van der Waals surface area contributed by atoms with Crippen molar-refractivity contribution in [3.05, 3.63) is 108 Å². The first-order valence-corrected chi connectivity index (χ1v) is 11.3. The van der Waals surface area contributed by atoms with Gasteiger partial charge in [-0.3, -0.25) is 4.79 Å². The molecule has 0 aliphatic carbocycles. The van der Waals surface area contributed by atoms with Crippen molar-refractivity contribution in [2.24, 2.45) is 5.10 Å². The number of allylic oxidation sites excluding steroid dienone is 1. The van der Waals surface area contributed by atoms with E-state index < -0.39 is 0 Å². The molecule has 0 radical (unpaired) electrons. The number of hydrogen-bond acceptors (Lipinski definition) is 4. The number of carbonyl (C=O) groups is 1. The highest BCUT2D eigenvalue weighted by atomic mass is 16.5. The van der Waals surface area contributed by atoms with Crippen molar-refractivity contribution in [3.8, 4) is 11.5 Å². The van der Waals surface area contributed by atoms with Crippen LogP contribution in [0.15, 0.2) is 96.1 Å². The van der Waals surface area contributed by atoms with Gasteiger partial charge in [0.25, 0.3) is 5.91 Å². The number of benzene rings is 3. The Morgan fingerprint density at radius 1 is 1.00 bits per heavy atom. The SMILES string of the molecule is C=CCc1cc(/C=C2\C(=O)N(c3ccccc3)N=C2C)cc(OCC)c1OCc1ccccc1. The fraction of sp³-hybridized carbons (Fsp3) is 0.172. The third-order valence-electron chi connectivity index (χ3n) is 5.42. The van der Waals surface area contributed by atoms with Gasteiger partial charge in [-0.05, 0) is 61.7 Å². The third kappa shape index (κ3) is 5.09. The first-order chi connectivity index (χ1) is 16.6. The second-order valence-corrected chi connectivity index (χ2v) is 7.90. The second kappa shape index (κ2) is 10.7. The van der Waals surface area contributed by atoms with Crippen molar-refractivity contribution in [3.63, 3.8) is 0 Å². The summed E-state index contributed by atoms with van der Waals surface area (Å²) in [5.41, 5.74) is 4.83. The van der Waals surface area contributed by atoms with E-state index >= 15 is 0 Å². The molecule has 172 valence electrons. The lowest BCUT2D eigenvalue weighted by molar-refractivity contribution is -0.114. The van der Waals surface area contributed by atoms with Gasteiger partial charge in [0, 0.05) is 5.56 Å². The van der Waals surface area contributed by atoms with Crippen LogP contribution in [-0.4, -0.2) is 18.2 Å². The topological polar surface area (TPSA) is 51.1 Å². The number of carbonyl (C=O) groups excluding carboxylic acids is 1. The van der Waals surface area contributed by atoms with Crippen molar-refractivity contribution in [2.75, 3.05) is 11.6 Å². The zero-order valence-electron chi connectivity index (χ0n) is 19.5. The fourth-order valence-corrected chi connectivity index (χ4v) is 3.83. The lowest BCUT2D eigenvalue weighted by atomic mass is 10.0. The van der Waals surface area contributed by atoms with E-state index in [0.29, 0.717) is 42.4 Å². The van der Waals surface area contributed by atoms with Gasteiger partial charge in [0.2, 0.25) is 0 Å². The van der Waals surface area contributed by atoms with Gasteiger partial charge >= 0.3 is 0 Å². The summed E-state index contributed by atoms with van der Waals surface area (Å²) in [5.74, 6) is 1.18. The minimum absolute atomic E-state index is 0.156. The van der Waals surface area contributed by atoms with E-state index in [1.807, 2.05) is 98.8 Å². The van der Waals surface area contributed by atoms with Gasteiger partial charge < -0.3 is 9.47 Å². The molecule has 0 spiro atoms. The summed E-state index contributed by atoms with van der Waals surface area (Å²) in [7, 11) is 0. The highest BCUT2D eigenvalue weighted by Crippen LogP contribution is 2.36. The third-order valence-corrected chi connectivity index (χ3v) is 5.42. The maximum absolute atomic E-state index is 13.1. The van der Waals surface area contributed by atoms with Crippen molar-refractivity contribution < 1.29 is 14.3 Å². The maximum Gasteiger partial charge on any atom is 0.280 e. The molecule has 0 N–H and O–H groups in total. The minimum atomic E-state index is -0.156. The molecule has 4 rings (SSSR count). The van der Waals surface area contributed by atoms with Crippen LogP contribution in [0.1, 0.15) is 30.5 Å². The van der Waals surface area contributed by atoms with Gasteiger partial charge in [0.05, 0.1) is 23.6 Å². The molecule has 0 unspecified atom stereocenters. The van der Waals surface area contributed by atoms with Crippen LogP contribution in [0.4, 0.5) is 5.69 Å². The summed E-state index contributed by atoms with van der Waals surface area (Å²) in [4.78, 5) is 13.1. The Hall–Kier alpha value is -4.12. The number of hydrazone groups is 1. The van der Waals surface area contributed by atoms with Crippen LogP contribution in [0.3, 0.4) is 0 Å². The molecular weight excluding hydrogens is 424 g/mol. The Labute approximate surface area is 200 Å². The molecule has 1 aliphatic rings. The second-order valence-electron chi connectivity index (χ2n) is 7.90. The zero-order valence-corrected chi connectivity index (χ0v) is 19.5. The lowest BCUT2D eigenvalue weighted by Gasteiger charge is -2.17. The van der Waals surface area contributed by atoms with Gasteiger partial charge in [0.1, 0.15) is 6.61 Å². The van der Waals surface area contributed by atoms with Crippen LogP contribution in [0.2, 0.25) is 0 Å². The van der Waals surface area contributed by atoms with Crippen LogP contribution in [0.5, 0.6) is 11.5 Å². The van der Waals surface area contributed by atoms with Gasteiger partial charge in [0.15, 0.2) is 11.5 Å². The van der Waals surface area contributed by atoms with E-state index in [0.717, 1.165) is 22.4 Å². The summed E-state index contributed by atoms with van der Waals surface area (Å²) in [6.07, 6.45) is 4.31. The largest absolute Gasteiger partial charge is 0.490 e. The van der Waals surface area contributed by atoms with Crippen LogP contribution in [0, 0.1) is 0 Å². The molecule has 1 aliphatic heterocycles. The van der Waals surface area contributed by atoms with E-state index in [-0.39, 0.29) is 5.91 Å². The standard InChI is InChI=1S/C29H28N2O3/c1-4-12-24-17-23(18-26-21(3)30-31(29(26)32)25-15-10-7-11-16-25)19-27(33-5-2)28(24)34-20-22-13-8-6-9-14-22/h4,6-11,13-19H,1,5,12,20H2,2-3H3/b26-18-. The molecule has 0 bridgehead atoms. The van der Waals surface area contributed by atoms with Gasteiger partial charge in [-0.25, -0.2) is 0 Å². The summed E-state index contributed by atoms with van der Waals surface area (Å²) < 4.78 is 12.2. The zero-order chi connectivity index (χ0) is 23.9. The molecule has 0 saturated heterocycles. The molecule has 3 aromatic carbocycles. The number of ether oxygens (including phenoxy) is 2. The number of amides is 1. The smallest absolute Gasteiger partial charge is 0.280 e. The number of anilines is 1. The fourth-order valence-electron chi connectivity index (χ4n) is 3.83. The Kier molecular flexibility index (Phi) is 7.23. The molecule has 0 atom stereocenters. The quantitative estimate of drug-likeness (QED) is 0.287. The minimum Gasteiger partial charge on any atom is -0.490 e. The molecule has 5 heteroatoms. The van der Waals surface area contributed by atoms with Crippen LogP contribution < -0.4 is 14.5 Å². The van der Waals surface area contributed by atoms with E-state index in [4.69, 9.17) is 9.47 Å². The van der Waals surface area contributed by atoms with Gasteiger partial charge in [-0.15, -0.1) is 6.58 Å². The number of para-hydroxylation sites is 1. The molecule has 1 amide bonds. The number of hydrogen-bond donors (Lipinski definition) is 0. The van der Waals surface area contributed by atoms with Gasteiger partial charge in [-0.1, -0.05) is 54.6 Å². The predicted molar refractivity (Wildman–Crippen MR) is 137 cm³/mol. The predicted octanol–water partition coefficient (Wildman–Crippen LogP) is 6.20. The molecule has 3 aromatic rings. The van der Waals surface area contributed by atoms with Crippen LogP contribution >= 0.6 is 0 Å². The van der Waals surface area contributed by atoms with Crippen molar-refractivity contribution in [1.29, 1.82) is 0 Å². The Morgan fingerprint density at radius 3 is 2.38 bits per heavy atom. The van der Waals surface area contributed by atoms with Crippen molar-refractivity contribution in [1.82, 2.24) is 0 Å². The number of nitrogens with zero attached hydrogens (tertiary/aromatic N) is 2. The normalized spacial score (nSPS) is 14.3. The molecule has 0 aromatic heterocycles. The van der Waals surface area contributed by atoms with E-state index in [1.165, 1.54) is 5.01 Å². The molecule has 0 fully saturated rings. The lowest BCUT2D eigenvalue weighted by Crippen LogP contribution is -2.21. The monoisotopic (exact) mass is 452 g/mol. The Bertz CT molecular complexity index is 1230. The summed E-state index contributed by atoms with van der Waals surface area (Å²) >= 11 is 0. The Balaban J connectivity index is 1.68. The average Bonchev–Trinajstić information content (AvgIpc) is 3.13. The molecule has 1 heterocycles. The summed E-state index contributed by atoms with van der Waals surface area (Å²) in [5, 5.41) is 5.91. The van der Waals surface area contributed by atoms with E-state index in [2.05, 4.69) is 11.7 Å². The molecule has 34 heavy (non-hydrogen) atoms. The summed E-state index contributed by atoms with van der Waals surface area (Å²) in [6, 6.07) is 23.4. The van der Waals surface area contributed by atoms with Gasteiger partial charge in [-0.2, -0.15) is 10.1 Å². The average molecular weight is 453 g/mol. The van der Waals surface area contributed by atoms with Crippen molar-refractivity contribution >= 4 is 23.4 Å². The highest BCUT2D eigenvalue weighted by molar-refractivity contribution is 6.32. The first-order valence-electron chi connectivity index (χ1n) is 11.3. The summed E-state index contributed by atoms with van der Waals surface area (Å²) in [6.45, 7) is 8.61. The van der Waals surface area contributed by atoms with Crippen molar-refractivity contribution in [2.45, 2.75) is 26.9 Å². The van der Waals surface area contributed by atoms with Crippen LogP contribution in [-0.2, 0) is 17.8 Å². The molecule has 0 saturated carbocycles. The van der Waals surface area contributed by atoms with E-state index in [1.54, 1.807) is 0 Å². The molecular formula is C29H28N2O3. The van der Waals surface area contributed by atoms with E-state index in [9.17, 15) is 4.79 Å². The molecule has 5 nitrogen and oxygen atoms in total.